The number of hydrogen-bond donors (Lipinski definition) is 0. The summed E-state index contributed by atoms with van der Waals surface area (Å²) < 4.78 is 14.4. The quantitative estimate of drug-likeness (QED) is 0.659. The summed E-state index contributed by atoms with van der Waals surface area (Å²) in [6, 6.07) is 16.5. The predicted octanol–water partition coefficient (Wildman–Crippen LogP) is 3.85. The van der Waals surface area contributed by atoms with Gasteiger partial charge in [0.2, 0.25) is 0 Å². The highest BCUT2D eigenvalue weighted by atomic mass is 16.5. The minimum Gasteiger partial charge on any atom is -0.485 e. The van der Waals surface area contributed by atoms with Crippen molar-refractivity contribution in [3.63, 3.8) is 0 Å². The van der Waals surface area contributed by atoms with Gasteiger partial charge in [0.15, 0.2) is 0 Å². The Kier molecular flexibility index (Phi) is 1.65. The second-order valence-corrected chi connectivity index (χ2v) is 4.75. The Balaban J connectivity index is 1.87. The van der Waals surface area contributed by atoms with Crippen LogP contribution in [0.5, 0.6) is 5.75 Å². The molecular weight excluding hydrogens is 208 g/mol. The molecule has 1 heteroatoms. The fourth-order valence-corrected chi connectivity index (χ4v) is 3.02. The molecular formula is C16H14O. The molecule has 17 heavy (non-hydrogen) atoms. The number of ether oxygens (including phenoxy) is 1. The Morgan fingerprint density at radius 1 is 1.00 bits per heavy atom. The molecule has 0 saturated carbocycles. The molecule has 0 radical (unpaired) electrons. The number of para-hydroxylation sites is 1. The van der Waals surface area contributed by atoms with Crippen molar-refractivity contribution in [1.29, 1.82) is 0 Å². The summed E-state index contributed by atoms with van der Waals surface area (Å²) in [6.45, 7) is 0. The van der Waals surface area contributed by atoms with Gasteiger partial charge in [0.05, 0.1) is 0 Å². The Hall–Kier alpha value is -1.76. The van der Waals surface area contributed by atoms with Crippen LogP contribution in [-0.2, 0) is 6.40 Å². The largest absolute Gasteiger partial charge is 0.485 e. The highest BCUT2D eigenvalue weighted by Gasteiger charge is 2.38. The molecule has 2 aliphatic rings. The van der Waals surface area contributed by atoms with E-state index in [-0.39, 0.29) is 12.5 Å². The number of hydrogen-bond acceptors (Lipinski definition) is 1. The first-order chi connectivity index (χ1) is 8.84. The lowest BCUT2D eigenvalue weighted by atomic mass is 9.79. The molecule has 0 aromatic heterocycles. The van der Waals surface area contributed by atoms with Crippen LogP contribution in [0.4, 0.5) is 0 Å². The number of aryl methyl sites for hydroxylation is 1. The Labute approximate surface area is 102 Å². The first-order valence-corrected chi connectivity index (χ1v) is 6.11. The lowest BCUT2D eigenvalue weighted by Gasteiger charge is -2.27. The van der Waals surface area contributed by atoms with E-state index in [9.17, 15) is 0 Å². The normalized spacial score (nSPS) is 29.6. The van der Waals surface area contributed by atoms with Crippen molar-refractivity contribution >= 4 is 0 Å². The molecule has 2 aromatic carbocycles. The zero-order valence-corrected chi connectivity index (χ0v) is 9.47. The third kappa shape index (κ3) is 1.25. The summed E-state index contributed by atoms with van der Waals surface area (Å²) >= 11 is 0. The standard InChI is InChI=1S/C16H14O/c1-2-6-12-11(5-1)9-10-14-13-7-3-4-8-15(13)17-16(12)14/h1-8,14,16H,9-10H2/i9D. The van der Waals surface area contributed by atoms with Gasteiger partial charge >= 0.3 is 0 Å². The van der Waals surface area contributed by atoms with E-state index >= 15 is 0 Å². The molecule has 2 aromatic rings. The van der Waals surface area contributed by atoms with Crippen LogP contribution in [0.3, 0.4) is 0 Å². The molecule has 1 heterocycles. The molecule has 0 amide bonds. The van der Waals surface area contributed by atoms with Gasteiger partial charge in [0.25, 0.3) is 0 Å². The molecule has 1 nitrogen and oxygen atoms in total. The van der Waals surface area contributed by atoms with Crippen molar-refractivity contribution in [2.24, 2.45) is 0 Å². The van der Waals surface area contributed by atoms with E-state index in [0.29, 0.717) is 5.92 Å². The van der Waals surface area contributed by atoms with E-state index in [2.05, 4.69) is 24.3 Å². The van der Waals surface area contributed by atoms with Gasteiger partial charge in [-0.3, -0.25) is 0 Å². The molecule has 0 saturated heterocycles. The third-order valence-electron chi connectivity index (χ3n) is 3.83. The first kappa shape index (κ1) is 8.35. The lowest BCUT2D eigenvalue weighted by Crippen LogP contribution is -2.18. The molecule has 84 valence electrons. The summed E-state index contributed by atoms with van der Waals surface area (Å²) in [7, 11) is 0. The van der Waals surface area contributed by atoms with Gasteiger partial charge < -0.3 is 4.74 Å². The van der Waals surface area contributed by atoms with Crippen LogP contribution in [0, 0.1) is 0 Å². The number of rotatable bonds is 0. The summed E-state index contributed by atoms with van der Waals surface area (Å²) in [5, 5.41) is 0. The van der Waals surface area contributed by atoms with Gasteiger partial charge in [-0.25, -0.2) is 0 Å². The maximum Gasteiger partial charge on any atom is 0.131 e. The van der Waals surface area contributed by atoms with Crippen LogP contribution in [-0.4, -0.2) is 0 Å². The molecule has 0 bridgehead atoms. The Morgan fingerprint density at radius 2 is 1.76 bits per heavy atom. The van der Waals surface area contributed by atoms with Gasteiger partial charge in [0.1, 0.15) is 11.9 Å². The van der Waals surface area contributed by atoms with Crippen LogP contribution in [0.15, 0.2) is 48.5 Å². The second-order valence-electron chi connectivity index (χ2n) is 4.75. The van der Waals surface area contributed by atoms with E-state index < -0.39 is 0 Å². The van der Waals surface area contributed by atoms with Crippen molar-refractivity contribution in [2.75, 3.05) is 0 Å². The van der Waals surface area contributed by atoms with Gasteiger partial charge in [-0.2, -0.15) is 0 Å². The fraction of sp³-hybridized carbons (Fsp3) is 0.250. The van der Waals surface area contributed by atoms with Crippen molar-refractivity contribution in [3.8, 4) is 5.75 Å². The average molecular weight is 223 g/mol. The van der Waals surface area contributed by atoms with Crippen LogP contribution in [0.25, 0.3) is 0 Å². The Bertz CT molecular complexity index is 608. The maximum absolute atomic E-state index is 8.29. The Morgan fingerprint density at radius 3 is 2.71 bits per heavy atom. The van der Waals surface area contributed by atoms with Crippen LogP contribution in [0.2, 0.25) is 0 Å². The van der Waals surface area contributed by atoms with E-state index in [1.165, 1.54) is 11.1 Å². The van der Waals surface area contributed by atoms with E-state index in [0.717, 1.165) is 17.7 Å². The van der Waals surface area contributed by atoms with Crippen molar-refractivity contribution in [2.45, 2.75) is 24.8 Å². The zero-order chi connectivity index (χ0) is 12.1. The third-order valence-corrected chi connectivity index (χ3v) is 3.83. The number of benzene rings is 2. The van der Waals surface area contributed by atoms with Crippen LogP contribution in [0.1, 0.15) is 36.5 Å². The highest BCUT2D eigenvalue weighted by molar-refractivity contribution is 5.46. The van der Waals surface area contributed by atoms with Gasteiger partial charge in [0, 0.05) is 12.9 Å². The fourth-order valence-electron chi connectivity index (χ4n) is 3.02. The molecule has 4 rings (SSSR count). The maximum atomic E-state index is 8.29. The van der Waals surface area contributed by atoms with E-state index in [4.69, 9.17) is 6.11 Å². The lowest BCUT2D eigenvalue weighted by molar-refractivity contribution is 0.195. The molecule has 3 atom stereocenters. The molecule has 0 fully saturated rings. The molecule has 3 unspecified atom stereocenters. The van der Waals surface area contributed by atoms with Gasteiger partial charge in [-0.15, -0.1) is 0 Å². The monoisotopic (exact) mass is 223 g/mol. The molecule has 1 aliphatic carbocycles. The van der Waals surface area contributed by atoms with E-state index in [1.807, 2.05) is 24.3 Å². The highest BCUT2D eigenvalue weighted by Crippen LogP contribution is 2.51. The molecule has 0 N–H and O–H groups in total. The van der Waals surface area contributed by atoms with E-state index in [1.54, 1.807) is 0 Å². The number of fused-ring (bicyclic) bond motifs is 5. The van der Waals surface area contributed by atoms with Crippen molar-refractivity contribution < 1.29 is 6.11 Å². The predicted molar refractivity (Wildman–Crippen MR) is 67.3 cm³/mol. The molecule has 0 spiro atoms. The summed E-state index contributed by atoms with van der Waals surface area (Å²) in [5.74, 6) is 1.34. The summed E-state index contributed by atoms with van der Waals surface area (Å²) in [4.78, 5) is 0. The minimum absolute atomic E-state index is 0.111. The zero-order valence-electron chi connectivity index (χ0n) is 10.5. The van der Waals surface area contributed by atoms with Crippen molar-refractivity contribution in [1.82, 2.24) is 0 Å². The average Bonchev–Trinajstić information content (AvgIpc) is 2.78. The van der Waals surface area contributed by atoms with Crippen LogP contribution >= 0.6 is 0 Å². The van der Waals surface area contributed by atoms with Crippen molar-refractivity contribution in [3.05, 3.63) is 65.2 Å². The minimum atomic E-state index is -0.128. The molecule has 1 aliphatic heterocycles. The smallest absolute Gasteiger partial charge is 0.131 e. The second kappa shape index (κ2) is 3.36. The summed E-state index contributed by atoms with van der Waals surface area (Å²) in [5.41, 5.74) is 3.60. The van der Waals surface area contributed by atoms with Crippen LogP contribution < -0.4 is 4.74 Å². The SMILES string of the molecule is [2H]C1CC2c3ccccc3OC2c2ccccc21. The van der Waals surface area contributed by atoms with Gasteiger partial charge in [-0.1, -0.05) is 42.5 Å². The first-order valence-electron chi connectivity index (χ1n) is 6.69. The van der Waals surface area contributed by atoms with Gasteiger partial charge in [-0.05, 0) is 30.0 Å². The topological polar surface area (TPSA) is 9.23 Å². The summed E-state index contributed by atoms with van der Waals surface area (Å²) in [6.07, 6.45) is 0.844.